The molecule has 1 heterocycles. The minimum Gasteiger partial charge on any atom is -0.464 e. The molecule has 1 aliphatic carbocycles. The molecule has 0 aliphatic heterocycles. The Hall–Kier alpha value is -1.23. The second-order valence-corrected chi connectivity index (χ2v) is 5.12. The number of halogens is 3. The van der Waals surface area contributed by atoms with E-state index in [1.54, 1.807) is 0 Å². The average Bonchev–Trinajstić information content (AvgIpc) is 2.38. The van der Waals surface area contributed by atoms with Crippen molar-refractivity contribution >= 4 is 17.6 Å². The van der Waals surface area contributed by atoms with Crippen LogP contribution in [0.3, 0.4) is 0 Å². The number of alkyl halides is 2. The molecule has 19 heavy (non-hydrogen) atoms. The van der Waals surface area contributed by atoms with Gasteiger partial charge in [-0.1, -0.05) is 11.6 Å². The van der Waals surface area contributed by atoms with Crippen LogP contribution >= 0.6 is 11.6 Å². The zero-order valence-electron chi connectivity index (χ0n) is 10.5. The third kappa shape index (κ3) is 3.21. The van der Waals surface area contributed by atoms with Crippen molar-refractivity contribution in [1.82, 2.24) is 4.98 Å². The molecule has 0 radical (unpaired) electrons. The van der Waals surface area contributed by atoms with Crippen molar-refractivity contribution in [3.05, 3.63) is 28.5 Å². The van der Waals surface area contributed by atoms with Crippen LogP contribution in [-0.4, -0.2) is 24.0 Å². The third-order valence-corrected chi connectivity index (χ3v) is 3.76. The van der Waals surface area contributed by atoms with Gasteiger partial charge in [0.2, 0.25) is 5.92 Å². The Bertz CT molecular complexity index is 484. The molecule has 1 aromatic rings. The van der Waals surface area contributed by atoms with Crippen LogP contribution in [0.1, 0.15) is 47.7 Å². The summed E-state index contributed by atoms with van der Waals surface area (Å²) in [7, 11) is 1.26. The first-order valence-corrected chi connectivity index (χ1v) is 6.42. The van der Waals surface area contributed by atoms with E-state index >= 15 is 0 Å². The topological polar surface area (TPSA) is 39.2 Å². The standard InChI is InChI=1S/C13H14ClF2NO2/c1-19-12(18)11-6-10(14)9(7-17-11)8-2-4-13(15,16)5-3-8/h6-8H,2-5H2,1H3. The molecule has 0 spiro atoms. The number of hydrogen-bond donors (Lipinski definition) is 0. The number of nitrogens with zero attached hydrogens (tertiary/aromatic N) is 1. The number of esters is 1. The summed E-state index contributed by atoms with van der Waals surface area (Å²) >= 11 is 6.10. The van der Waals surface area contributed by atoms with Gasteiger partial charge in [0.1, 0.15) is 5.69 Å². The zero-order valence-corrected chi connectivity index (χ0v) is 11.2. The zero-order chi connectivity index (χ0) is 14.0. The highest BCUT2D eigenvalue weighted by Crippen LogP contribution is 2.42. The molecular formula is C13H14ClF2NO2. The van der Waals surface area contributed by atoms with Gasteiger partial charge in [0.25, 0.3) is 0 Å². The number of methoxy groups -OCH3 is 1. The minimum absolute atomic E-state index is 0.0219. The second-order valence-electron chi connectivity index (χ2n) is 4.71. The maximum atomic E-state index is 13.1. The molecule has 6 heteroatoms. The normalized spacial score (nSPS) is 19.2. The number of rotatable bonds is 2. The van der Waals surface area contributed by atoms with Gasteiger partial charge in [-0.2, -0.15) is 0 Å². The monoisotopic (exact) mass is 289 g/mol. The first-order chi connectivity index (χ1) is 8.93. The van der Waals surface area contributed by atoms with Crippen molar-refractivity contribution in [2.45, 2.75) is 37.5 Å². The quantitative estimate of drug-likeness (QED) is 0.777. The molecule has 2 rings (SSSR count). The lowest BCUT2D eigenvalue weighted by atomic mass is 9.83. The molecule has 1 aromatic heterocycles. The Morgan fingerprint density at radius 2 is 2.11 bits per heavy atom. The van der Waals surface area contributed by atoms with E-state index in [-0.39, 0.29) is 24.5 Å². The van der Waals surface area contributed by atoms with Gasteiger partial charge in [-0.25, -0.2) is 18.6 Å². The lowest BCUT2D eigenvalue weighted by Crippen LogP contribution is -2.24. The van der Waals surface area contributed by atoms with Crippen LogP contribution in [0.25, 0.3) is 0 Å². The van der Waals surface area contributed by atoms with Crippen LogP contribution in [0.15, 0.2) is 12.3 Å². The Morgan fingerprint density at radius 1 is 1.47 bits per heavy atom. The lowest BCUT2D eigenvalue weighted by molar-refractivity contribution is -0.0382. The van der Waals surface area contributed by atoms with Crippen LogP contribution in [0.4, 0.5) is 8.78 Å². The fraction of sp³-hybridized carbons (Fsp3) is 0.538. The molecule has 0 N–H and O–H groups in total. The van der Waals surface area contributed by atoms with E-state index in [2.05, 4.69) is 9.72 Å². The fourth-order valence-electron chi connectivity index (χ4n) is 2.31. The molecule has 104 valence electrons. The summed E-state index contributed by atoms with van der Waals surface area (Å²) in [6.45, 7) is 0. The summed E-state index contributed by atoms with van der Waals surface area (Å²) in [6, 6.07) is 1.43. The van der Waals surface area contributed by atoms with Crippen molar-refractivity contribution in [2.75, 3.05) is 7.11 Å². The van der Waals surface area contributed by atoms with Gasteiger partial charge in [-0.3, -0.25) is 0 Å². The van der Waals surface area contributed by atoms with Crippen molar-refractivity contribution in [3.8, 4) is 0 Å². The van der Waals surface area contributed by atoms with Crippen molar-refractivity contribution in [3.63, 3.8) is 0 Å². The van der Waals surface area contributed by atoms with Crippen LogP contribution in [0, 0.1) is 0 Å². The Kier molecular flexibility index (Phi) is 4.04. The second kappa shape index (κ2) is 5.41. The predicted octanol–water partition coefficient (Wildman–Crippen LogP) is 3.81. The van der Waals surface area contributed by atoms with Gasteiger partial charge < -0.3 is 4.74 Å². The maximum absolute atomic E-state index is 13.1. The van der Waals surface area contributed by atoms with E-state index in [1.165, 1.54) is 19.4 Å². The molecule has 0 unspecified atom stereocenters. The molecule has 1 saturated carbocycles. The summed E-state index contributed by atoms with van der Waals surface area (Å²) in [5.74, 6) is -3.16. The van der Waals surface area contributed by atoms with E-state index in [9.17, 15) is 13.6 Å². The molecule has 3 nitrogen and oxygen atoms in total. The minimum atomic E-state index is -2.57. The molecule has 0 saturated heterocycles. The van der Waals surface area contributed by atoms with Gasteiger partial charge >= 0.3 is 5.97 Å². The Morgan fingerprint density at radius 3 is 2.63 bits per heavy atom. The molecule has 1 aliphatic rings. The van der Waals surface area contributed by atoms with Gasteiger partial charge in [0.05, 0.1) is 7.11 Å². The number of hydrogen-bond acceptors (Lipinski definition) is 3. The highest BCUT2D eigenvalue weighted by molar-refractivity contribution is 6.31. The van der Waals surface area contributed by atoms with E-state index in [0.29, 0.717) is 17.9 Å². The number of aromatic nitrogens is 1. The van der Waals surface area contributed by atoms with E-state index in [4.69, 9.17) is 11.6 Å². The summed E-state index contributed by atoms with van der Waals surface area (Å²) in [5.41, 5.74) is 0.849. The summed E-state index contributed by atoms with van der Waals surface area (Å²) < 4.78 is 30.7. The summed E-state index contributed by atoms with van der Waals surface area (Å²) in [4.78, 5) is 15.3. The van der Waals surface area contributed by atoms with E-state index in [0.717, 1.165) is 5.56 Å². The van der Waals surface area contributed by atoms with Crippen LogP contribution in [-0.2, 0) is 4.74 Å². The Labute approximate surface area is 114 Å². The molecule has 1 fully saturated rings. The molecule has 0 atom stereocenters. The molecule has 0 bridgehead atoms. The molecule has 0 aromatic carbocycles. The fourth-order valence-corrected chi connectivity index (χ4v) is 2.62. The molecular weight excluding hydrogens is 276 g/mol. The maximum Gasteiger partial charge on any atom is 0.356 e. The smallest absolute Gasteiger partial charge is 0.356 e. The van der Waals surface area contributed by atoms with Gasteiger partial charge in [-0.05, 0) is 30.4 Å². The third-order valence-electron chi connectivity index (χ3n) is 3.43. The van der Waals surface area contributed by atoms with Crippen molar-refractivity contribution < 1.29 is 18.3 Å². The van der Waals surface area contributed by atoms with E-state index in [1.807, 2.05) is 0 Å². The number of carbonyl (C=O) groups excluding carboxylic acids is 1. The van der Waals surface area contributed by atoms with Gasteiger partial charge in [0.15, 0.2) is 0 Å². The Balaban J connectivity index is 2.16. The number of carbonyl (C=O) groups is 1. The molecule has 0 amide bonds. The summed E-state index contributed by atoms with van der Waals surface area (Å²) in [6.07, 6.45) is 1.99. The highest BCUT2D eigenvalue weighted by atomic mass is 35.5. The first-order valence-electron chi connectivity index (χ1n) is 6.04. The first kappa shape index (κ1) is 14.2. The van der Waals surface area contributed by atoms with Crippen LogP contribution in [0.5, 0.6) is 0 Å². The average molecular weight is 290 g/mol. The predicted molar refractivity (Wildman–Crippen MR) is 66.7 cm³/mol. The van der Waals surface area contributed by atoms with Crippen LogP contribution < -0.4 is 0 Å². The van der Waals surface area contributed by atoms with Crippen molar-refractivity contribution in [1.29, 1.82) is 0 Å². The van der Waals surface area contributed by atoms with Crippen molar-refractivity contribution in [2.24, 2.45) is 0 Å². The lowest BCUT2D eigenvalue weighted by Gasteiger charge is -2.28. The highest BCUT2D eigenvalue weighted by Gasteiger charge is 2.36. The van der Waals surface area contributed by atoms with Gasteiger partial charge in [0, 0.05) is 24.1 Å². The number of ether oxygens (including phenoxy) is 1. The van der Waals surface area contributed by atoms with Gasteiger partial charge in [-0.15, -0.1) is 0 Å². The largest absolute Gasteiger partial charge is 0.464 e. The van der Waals surface area contributed by atoms with Crippen LogP contribution in [0.2, 0.25) is 5.02 Å². The number of pyridine rings is 1. The van der Waals surface area contributed by atoms with E-state index < -0.39 is 11.9 Å². The SMILES string of the molecule is COC(=O)c1cc(Cl)c(C2CCC(F)(F)CC2)cn1. The summed E-state index contributed by atoms with van der Waals surface area (Å²) in [5, 5.41) is 0.380.